The van der Waals surface area contributed by atoms with Gasteiger partial charge in [0.15, 0.2) is 0 Å². The lowest BCUT2D eigenvalue weighted by atomic mass is 10.1. The quantitative estimate of drug-likeness (QED) is 0.346. The molecule has 5 heteroatoms. The molecule has 0 saturated heterocycles. The average Bonchev–Trinajstić information content (AvgIpc) is 2.51. The Hall–Kier alpha value is -0.820. The maximum absolute atomic E-state index is 12.2. The van der Waals surface area contributed by atoms with E-state index in [0.29, 0.717) is 5.69 Å². The molecule has 0 aromatic heterocycles. The van der Waals surface area contributed by atoms with Crippen molar-refractivity contribution in [3.8, 4) is 0 Å². The normalized spacial score (nSPS) is 11.7. The Morgan fingerprint density at radius 3 is 2.36 bits per heavy atom. The lowest BCUT2D eigenvalue weighted by Gasteiger charge is -2.10. The van der Waals surface area contributed by atoms with Gasteiger partial charge in [-0.2, -0.15) is 0 Å². The number of fused-ring (bicyclic) bond motifs is 1. The summed E-state index contributed by atoms with van der Waals surface area (Å²) in [4.78, 5) is 0. The van der Waals surface area contributed by atoms with Gasteiger partial charge >= 0.3 is 0 Å². The van der Waals surface area contributed by atoms with Crippen LogP contribution in [-0.4, -0.2) is 18.6 Å². The molecule has 0 saturated carbocycles. The first-order valence-corrected chi connectivity index (χ1v) is 10.8. The highest BCUT2D eigenvalue weighted by Gasteiger charge is 2.11. The Kier molecular flexibility index (Phi) is 6.95. The first kappa shape index (κ1) is 17.5. The summed E-state index contributed by atoms with van der Waals surface area (Å²) in [5.74, 6) is 0.195. The van der Waals surface area contributed by atoms with Gasteiger partial charge in [-0.25, -0.2) is 8.42 Å². The number of benzene rings is 2. The molecule has 0 atom stereocenters. The third-order valence-corrected chi connectivity index (χ3v) is 5.72. The summed E-state index contributed by atoms with van der Waals surface area (Å²) in [6, 6.07) is 13.5. The van der Waals surface area contributed by atoms with E-state index in [1.807, 2.05) is 42.5 Å². The summed E-state index contributed by atoms with van der Waals surface area (Å²) in [5.41, 5.74) is 0.669. The maximum Gasteiger partial charge on any atom is 0.232 e. The van der Waals surface area contributed by atoms with Crippen molar-refractivity contribution in [3.63, 3.8) is 0 Å². The summed E-state index contributed by atoms with van der Waals surface area (Å²) in [6.07, 6.45) is 5.24. The van der Waals surface area contributed by atoms with Crippen molar-refractivity contribution < 1.29 is 8.42 Å². The standard InChI is InChI=1S/C17H22INO2S/c18-13-6-2-1-3-7-14-22(20,21)19-17-12-8-10-15-9-4-5-11-16(15)17/h4-5,8-12,19H,1-3,6-7,13-14H2. The Morgan fingerprint density at radius 1 is 0.864 bits per heavy atom. The van der Waals surface area contributed by atoms with Crippen LogP contribution in [0.4, 0.5) is 5.69 Å². The highest BCUT2D eigenvalue weighted by Crippen LogP contribution is 2.24. The number of hydrogen-bond donors (Lipinski definition) is 1. The Morgan fingerprint density at radius 2 is 1.55 bits per heavy atom. The number of unbranched alkanes of at least 4 members (excludes halogenated alkanes) is 4. The SMILES string of the molecule is O=S(=O)(CCCCCCCI)Nc1cccc2ccccc12. The molecule has 0 fully saturated rings. The fourth-order valence-electron chi connectivity index (χ4n) is 2.45. The van der Waals surface area contributed by atoms with Crippen molar-refractivity contribution >= 4 is 49.1 Å². The van der Waals surface area contributed by atoms with Gasteiger partial charge in [0.2, 0.25) is 10.0 Å². The summed E-state index contributed by atoms with van der Waals surface area (Å²) >= 11 is 2.37. The number of alkyl halides is 1. The van der Waals surface area contributed by atoms with E-state index in [9.17, 15) is 8.42 Å². The lowest BCUT2D eigenvalue weighted by molar-refractivity contribution is 0.592. The second-order valence-electron chi connectivity index (χ2n) is 5.40. The third kappa shape index (κ3) is 5.43. The smallest absolute Gasteiger partial charge is 0.232 e. The first-order valence-electron chi connectivity index (χ1n) is 7.66. The van der Waals surface area contributed by atoms with Crippen molar-refractivity contribution in [2.45, 2.75) is 32.1 Å². The van der Waals surface area contributed by atoms with Crippen LogP contribution in [0.15, 0.2) is 42.5 Å². The van der Waals surface area contributed by atoms with Crippen molar-refractivity contribution in [3.05, 3.63) is 42.5 Å². The fourth-order valence-corrected chi connectivity index (χ4v) is 4.19. The van der Waals surface area contributed by atoms with E-state index in [2.05, 4.69) is 27.3 Å². The molecule has 120 valence electrons. The molecule has 2 rings (SSSR count). The lowest BCUT2D eigenvalue weighted by Crippen LogP contribution is -2.16. The van der Waals surface area contributed by atoms with E-state index < -0.39 is 10.0 Å². The van der Waals surface area contributed by atoms with Gasteiger partial charge in [0.1, 0.15) is 0 Å². The molecule has 2 aromatic carbocycles. The largest absolute Gasteiger partial charge is 0.283 e. The van der Waals surface area contributed by atoms with Gasteiger partial charge in [-0.1, -0.05) is 78.3 Å². The van der Waals surface area contributed by atoms with Crippen molar-refractivity contribution in [2.75, 3.05) is 14.9 Å². The van der Waals surface area contributed by atoms with E-state index in [-0.39, 0.29) is 5.75 Å². The van der Waals surface area contributed by atoms with Crippen LogP contribution >= 0.6 is 22.6 Å². The number of hydrogen-bond acceptors (Lipinski definition) is 2. The Bertz CT molecular complexity index is 695. The molecule has 0 aliphatic carbocycles. The van der Waals surface area contributed by atoms with Crippen LogP contribution in [0, 0.1) is 0 Å². The molecular formula is C17H22INO2S. The van der Waals surface area contributed by atoms with Crippen molar-refractivity contribution in [2.24, 2.45) is 0 Å². The van der Waals surface area contributed by atoms with Crippen LogP contribution in [0.5, 0.6) is 0 Å². The number of anilines is 1. The molecule has 0 aliphatic rings. The van der Waals surface area contributed by atoms with Gasteiger partial charge in [-0.3, -0.25) is 4.72 Å². The molecule has 0 heterocycles. The summed E-state index contributed by atoms with van der Waals surface area (Å²) < 4.78 is 28.4. The highest BCUT2D eigenvalue weighted by molar-refractivity contribution is 14.1. The summed E-state index contributed by atoms with van der Waals surface area (Å²) in [5, 5.41) is 1.98. The van der Waals surface area contributed by atoms with E-state index in [0.717, 1.165) is 30.0 Å². The van der Waals surface area contributed by atoms with E-state index >= 15 is 0 Å². The zero-order valence-electron chi connectivity index (χ0n) is 12.6. The minimum Gasteiger partial charge on any atom is -0.283 e. The molecule has 1 N–H and O–H groups in total. The number of halogens is 1. The van der Waals surface area contributed by atoms with Crippen LogP contribution < -0.4 is 4.72 Å². The third-order valence-electron chi connectivity index (χ3n) is 3.60. The molecule has 3 nitrogen and oxygen atoms in total. The van der Waals surface area contributed by atoms with Gasteiger partial charge in [0.05, 0.1) is 11.4 Å². The number of sulfonamides is 1. The second-order valence-corrected chi connectivity index (χ2v) is 8.33. The molecule has 0 bridgehead atoms. The van der Waals surface area contributed by atoms with Gasteiger partial charge < -0.3 is 0 Å². The fraction of sp³-hybridized carbons (Fsp3) is 0.412. The molecule has 0 radical (unpaired) electrons. The van der Waals surface area contributed by atoms with Crippen molar-refractivity contribution in [1.82, 2.24) is 0 Å². The topological polar surface area (TPSA) is 46.2 Å². The number of rotatable bonds is 9. The van der Waals surface area contributed by atoms with Crippen LogP contribution in [0.3, 0.4) is 0 Å². The molecule has 22 heavy (non-hydrogen) atoms. The number of nitrogens with one attached hydrogen (secondary N) is 1. The van der Waals surface area contributed by atoms with E-state index in [1.54, 1.807) is 0 Å². The molecular weight excluding hydrogens is 409 g/mol. The molecule has 2 aromatic rings. The van der Waals surface area contributed by atoms with Crippen LogP contribution in [0.1, 0.15) is 32.1 Å². The Labute approximate surface area is 146 Å². The van der Waals surface area contributed by atoms with Crippen LogP contribution in [0.2, 0.25) is 0 Å². The molecule has 0 spiro atoms. The average molecular weight is 431 g/mol. The maximum atomic E-state index is 12.2. The van der Waals surface area contributed by atoms with E-state index in [1.165, 1.54) is 17.3 Å². The predicted octanol–water partition coefficient (Wildman–Crippen LogP) is 4.97. The van der Waals surface area contributed by atoms with Crippen LogP contribution in [-0.2, 0) is 10.0 Å². The minimum atomic E-state index is -3.27. The Balaban J connectivity index is 1.93. The van der Waals surface area contributed by atoms with Crippen LogP contribution in [0.25, 0.3) is 10.8 Å². The van der Waals surface area contributed by atoms with Gasteiger partial charge in [0, 0.05) is 5.39 Å². The summed E-state index contributed by atoms with van der Waals surface area (Å²) in [6.45, 7) is 0. The predicted molar refractivity (Wildman–Crippen MR) is 103 cm³/mol. The minimum absolute atomic E-state index is 0.195. The molecule has 0 amide bonds. The van der Waals surface area contributed by atoms with E-state index in [4.69, 9.17) is 0 Å². The highest BCUT2D eigenvalue weighted by atomic mass is 127. The first-order chi connectivity index (χ1) is 10.6. The zero-order valence-corrected chi connectivity index (χ0v) is 15.6. The zero-order chi connectivity index (χ0) is 15.8. The van der Waals surface area contributed by atoms with Gasteiger partial charge in [-0.05, 0) is 28.7 Å². The monoisotopic (exact) mass is 431 g/mol. The molecule has 0 unspecified atom stereocenters. The van der Waals surface area contributed by atoms with Gasteiger partial charge in [-0.15, -0.1) is 0 Å². The summed E-state index contributed by atoms with van der Waals surface area (Å²) in [7, 11) is -3.27. The molecule has 0 aliphatic heterocycles. The van der Waals surface area contributed by atoms with Gasteiger partial charge in [0.25, 0.3) is 0 Å². The second kappa shape index (κ2) is 8.72. The van der Waals surface area contributed by atoms with Crippen molar-refractivity contribution in [1.29, 1.82) is 0 Å².